The molecule has 0 radical (unpaired) electrons. The summed E-state index contributed by atoms with van der Waals surface area (Å²) in [5.41, 5.74) is 6.72. The fraction of sp³-hybridized carbons (Fsp3) is 0.278. The van der Waals surface area contributed by atoms with Crippen LogP contribution >= 0.6 is 24.0 Å². The van der Waals surface area contributed by atoms with Gasteiger partial charge in [0.15, 0.2) is 0 Å². The Kier molecular flexibility index (Phi) is 8.61. The summed E-state index contributed by atoms with van der Waals surface area (Å²) in [5.74, 6) is 0.406. The molecule has 2 N–H and O–H groups in total. The third kappa shape index (κ3) is 5.71. The standard InChI is InChI=1S/C18H21ClN2O2.ClH/c1-21(11-12-23-16-9-7-15(19)8-10-16)18(22)17(13-20)14-5-3-2-4-6-14;/h2-10,17H,11-13,20H2,1H3;1H. The molecule has 0 aliphatic carbocycles. The number of carbonyl (C=O) groups excluding carboxylic acids is 1. The molecule has 2 rings (SSSR count). The zero-order valence-corrected chi connectivity index (χ0v) is 15.1. The maximum Gasteiger partial charge on any atom is 0.231 e. The van der Waals surface area contributed by atoms with Gasteiger partial charge in [-0.3, -0.25) is 4.79 Å². The molecule has 0 saturated heterocycles. The summed E-state index contributed by atoms with van der Waals surface area (Å²) < 4.78 is 5.62. The summed E-state index contributed by atoms with van der Waals surface area (Å²) in [7, 11) is 1.76. The van der Waals surface area contributed by atoms with E-state index < -0.39 is 0 Å². The summed E-state index contributed by atoms with van der Waals surface area (Å²) in [6.45, 7) is 1.19. The van der Waals surface area contributed by atoms with Gasteiger partial charge in [-0.2, -0.15) is 0 Å². The van der Waals surface area contributed by atoms with Crippen molar-refractivity contribution >= 4 is 29.9 Å². The Bertz CT molecular complexity index is 621. The lowest BCUT2D eigenvalue weighted by atomic mass is 9.98. The molecule has 0 heterocycles. The summed E-state index contributed by atoms with van der Waals surface area (Å²) >= 11 is 5.83. The molecular formula is C18H22Cl2N2O2. The molecule has 4 nitrogen and oxygen atoms in total. The first kappa shape index (κ1) is 20.3. The summed E-state index contributed by atoms with van der Waals surface area (Å²) in [4.78, 5) is 14.2. The van der Waals surface area contributed by atoms with Crippen LogP contribution in [-0.4, -0.2) is 37.6 Å². The Labute approximate surface area is 154 Å². The second kappa shape index (κ2) is 10.2. The van der Waals surface area contributed by atoms with E-state index in [1.54, 1.807) is 36.2 Å². The van der Waals surface area contributed by atoms with Gasteiger partial charge in [-0.05, 0) is 29.8 Å². The van der Waals surface area contributed by atoms with Crippen LogP contribution in [0, 0.1) is 0 Å². The molecule has 0 aliphatic heterocycles. The van der Waals surface area contributed by atoms with Crippen molar-refractivity contribution in [2.75, 3.05) is 26.7 Å². The fourth-order valence-corrected chi connectivity index (χ4v) is 2.40. The van der Waals surface area contributed by atoms with Crippen LogP contribution in [-0.2, 0) is 4.79 Å². The third-order valence-corrected chi connectivity index (χ3v) is 3.87. The second-order valence-corrected chi connectivity index (χ2v) is 5.70. The van der Waals surface area contributed by atoms with Crippen LogP contribution in [0.1, 0.15) is 11.5 Å². The Morgan fingerprint density at radius 2 is 1.79 bits per heavy atom. The topological polar surface area (TPSA) is 55.6 Å². The molecule has 2 aromatic rings. The largest absolute Gasteiger partial charge is 0.492 e. The number of amides is 1. The van der Waals surface area contributed by atoms with E-state index in [4.69, 9.17) is 22.1 Å². The normalized spacial score (nSPS) is 11.3. The highest BCUT2D eigenvalue weighted by Crippen LogP contribution is 2.17. The quantitative estimate of drug-likeness (QED) is 0.815. The predicted octanol–water partition coefficient (Wildman–Crippen LogP) is 3.34. The average molecular weight is 369 g/mol. The molecule has 0 aromatic heterocycles. The average Bonchev–Trinajstić information content (AvgIpc) is 2.58. The van der Waals surface area contributed by atoms with Gasteiger partial charge in [-0.25, -0.2) is 0 Å². The van der Waals surface area contributed by atoms with Gasteiger partial charge >= 0.3 is 0 Å². The van der Waals surface area contributed by atoms with Crippen molar-refractivity contribution < 1.29 is 9.53 Å². The Morgan fingerprint density at radius 1 is 1.17 bits per heavy atom. The van der Waals surface area contributed by atoms with Crippen molar-refractivity contribution in [1.82, 2.24) is 4.90 Å². The van der Waals surface area contributed by atoms with Crippen molar-refractivity contribution in [2.45, 2.75) is 5.92 Å². The lowest BCUT2D eigenvalue weighted by molar-refractivity contribution is -0.131. The number of likely N-dealkylation sites (N-methyl/N-ethyl adjacent to an activating group) is 1. The van der Waals surface area contributed by atoms with Crippen molar-refractivity contribution in [1.29, 1.82) is 0 Å². The number of carbonyl (C=O) groups is 1. The summed E-state index contributed by atoms with van der Waals surface area (Å²) in [6, 6.07) is 16.7. The number of ether oxygens (including phenoxy) is 1. The Hall–Kier alpha value is -1.75. The molecule has 0 saturated carbocycles. The number of nitrogens with two attached hydrogens (primary N) is 1. The van der Waals surface area contributed by atoms with Crippen LogP contribution in [0.25, 0.3) is 0 Å². The van der Waals surface area contributed by atoms with E-state index in [2.05, 4.69) is 0 Å². The van der Waals surface area contributed by atoms with Gasteiger partial charge in [-0.15, -0.1) is 12.4 Å². The molecule has 130 valence electrons. The maximum absolute atomic E-state index is 12.5. The van der Waals surface area contributed by atoms with Gasteiger partial charge in [0, 0.05) is 18.6 Å². The first-order chi connectivity index (χ1) is 11.1. The lowest BCUT2D eigenvalue weighted by Crippen LogP contribution is -2.37. The highest BCUT2D eigenvalue weighted by atomic mass is 35.5. The van der Waals surface area contributed by atoms with E-state index in [0.717, 1.165) is 11.3 Å². The van der Waals surface area contributed by atoms with Crippen molar-refractivity contribution in [3.63, 3.8) is 0 Å². The zero-order valence-electron chi connectivity index (χ0n) is 13.5. The van der Waals surface area contributed by atoms with E-state index in [-0.39, 0.29) is 30.8 Å². The van der Waals surface area contributed by atoms with Crippen LogP contribution in [0.4, 0.5) is 0 Å². The molecule has 6 heteroatoms. The molecule has 0 fully saturated rings. The Balaban J connectivity index is 0.00000288. The van der Waals surface area contributed by atoms with E-state index in [1.807, 2.05) is 30.3 Å². The third-order valence-electron chi connectivity index (χ3n) is 3.62. The maximum atomic E-state index is 12.5. The van der Waals surface area contributed by atoms with Gasteiger partial charge in [0.2, 0.25) is 5.91 Å². The first-order valence-electron chi connectivity index (χ1n) is 7.50. The SMILES string of the molecule is CN(CCOc1ccc(Cl)cc1)C(=O)C(CN)c1ccccc1.Cl. The van der Waals surface area contributed by atoms with Gasteiger partial charge < -0.3 is 15.4 Å². The van der Waals surface area contributed by atoms with Crippen LogP contribution in [0.3, 0.4) is 0 Å². The molecule has 0 bridgehead atoms. The number of rotatable bonds is 7. The molecular weight excluding hydrogens is 347 g/mol. The molecule has 24 heavy (non-hydrogen) atoms. The van der Waals surface area contributed by atoms with Gasteiger partial charge in [-0.1, -0.05) is 41.9 Å². The van der Waals surface area contributed by atoms with Gasteiger partial charge in [0.05, 0.1) is 12.5 Å². The molecule has 1 amide bonds. The van der Waals surface area contributed by atoms with E-state index >= 15 is 0 Å². The zero-order chi connectivity index (χ0) is 16.7. The number of benzene rings is 2. The fourth-order valence-electron chi connectivity index (χ4n) is 2.27. The van der Waals surface area contributed by atoms with E-state index in [9.17, 15) is 4.79 Å². The Morgan fingerprint density at radius 3 is 2.38 bits per heavy atom. The van der Waals surface area contributed by atoms with Crippen LogP contribution in [0.15, 0.2) is 54.6 Å². The highest BCUT2D eigenvalue weighted by molar-refractivity contribution is 6.30. The molecule has 1 unspecified atom stereocenters. The minimum absolute atomic E-state index is 0. The van der Waals surface area contributed by atoms with E-state index in [1.165, 1.54) is 0 Å². The minimum Gasteiger partial charge on any atom is -0.492 e. The van der Waals surface area contributed by atoms with Crippen LogP contribution < -0.4 is 10.5 Å². The minimum atomic E-state index is -0.322. The molecule has 2 aromatic carbocycles. The monoisotopic (exact) mass is 368 g/mol. The van der Waals surface area contributed by atoms with Crippen LogP contribution in [0.2, 0.25) is 5.02 Å². The summed E-state index contributed by atoms with van der Waals surface area (Å²) in [5, 5.41) is 0.665. The molecule has 0 spiro atoms. The van der Waals surface area contributed by atoms with Gasteiger partial charge in [0.25, 0.3) is 0 Å². The lowest BCUT2D eigenvalue weighted by Gasteiger charge is -2.23. The molecule has 1 atom stereocenters. The number of hydrogen-bond donors (Lipinski definition) is 1. The predicted molar refractivity (Wildman–Crippen MR) is 100 cm³/mol. The highest BCUT2D eigenvalue weighted by Gasteiger charge is 2.22. The van der Waals surface area contributed by atoms with Gasteiger partial charge in [0.1, 0.15) is 12.4 Å². The van der Waals surface area contributed by atoms with E-state index in [0.29, 0.717) is 18.2 Å². The number of halogens is 2. The van der Waals surface area contributed by atoms with Crippen molar-refractivity contribution in [3.8, 4) is 5.75 Å². The number of nitrogens with zero attached hydrogens (tertiary/aromatic N) is 1. The van der Waals surface area contributed by atoms with Crippen LogP contribution in [0.5, 0.6) is 5.75 Å². The molecule has 0 aliphatic rings. The first-order valence-corrected chi connectivity index (χ1v) is 7.88. The van der Waals surface area contributed by atoms with Crippen molar-refractivity contribution in [3.05, 3.63) is 65.2 Å². The van der Waals surface area contributed by atoms with Crippen molar-refractivity contribution in [2.24, 2.45) is 5.73 Å². The second-order valence-electron chi connectivity index (χ2n) is 5.26. The number of hydrogen-bond acceptors (Lipinski definition) is 3. The summed E-state index contributed by atoms with van der Waals surface area (Å²) in [6.07, 6.45) is 0. The smallest absolute Gasteiger partial charge is 0.231 e.